The summed E-state index contributed by atoms with van der Waals surface area (Å²) in [5.74, 6) is 0.292. The molecule has 0 atom stereocenters. The number of nitrogens with zero attached hydrogens (tertiary/aromatic N) is 5. The maximum Gasteiger partial charge on any atom is 0.248 e. The van der Waals surface area contributed by atoms with E-state index in [0.29, 0.717) is 18.8 Å². The number of hydrogen-bond donors (Lipinski definition) is 1. The molecule has 0 fully saturated rings. The number of carbonyl (C=O) groups is 1. The van der Waals surface area contributed by atoms with Gasteiger partial charge >= 0.3 is 0 Å². The fraction of sp³-hybridized carbons (Fsp3) is 0.571. The van der Waals surface area contributed by atoms with Gasteiger partial charge in [0.2, 0.25) is 11.9 Å². The second kappa shape index (κ2) is 6.51. The zero-order valence-electron chi connectivity index (χ0n) is 13.1. The molecule has 0 aliphatic heterocycles. The van der Waals surface area contributed by atoms with Crippen LogP contribution < -0.4 is 5.32 Å². The van der Waals surface area contributed by atoms with Crippen molar-refractivity contribution >= 4 is 11.9 Å². The number of rotatable bonds is 6. The number of carbonyl (C=O) groups excluding carboxylic acids is 1. The van der Waals surface area contributed by atoms with Crippen LogP contribution in [0.2, 0.25) is 0 Å². The van der Waals surface area contributed by atoms with Crippen LogP contribution >= 0.6 is 0 Å². The largest absolute Gasteiger partial charge is 0.293 e. The predicted octanol–water partition coefficient (Wildman–Crippen LogP) is 1.61. The van der Waals surface area contributed by atoms with Crippen molar-refractivity contribution in [3.8, 4) is 0 Å². The molecule has 2 rings (SSSR count). The van der Waals surface area contributed by atoms with Crippen molar-refractivity contribution in [3.05, 3.63) is 23.3 Å². The lowest BCUT2D eigenvalue weighted by atomic mass is 10.1. The van der Waals surface area contributed by atoms with Gasteiger partial charge in [-0.1, -0.05) is 6.92 Å². The van der Waals surface area contributed by atoms with Gasteiger partial charge in [-0.3, -0.25) is 19.5 Å². The van der Waals surface area contributed by atoms with E-state index < -0.39 is 0 Å². The minimum absolute atomic E-state index is 0.0769. The van der Waals surface area contributed by atoms with Gasteiger partial charge in [0, 0.05) is 25.7 Å². The Kier molecular flexibility index (Phi) is 4.72. The van der Waals surface area contributed by atoms with Crippen LogP contribution in [0.3, 0.4) is 0 Å². The molecule has 2 aromatic heterocycles. The van der Waals surface area contributed by atoms with Crippen LogP contribution in [0.15, 0.2) is 6.33 Å². The number of aromatic nitrogens is 5. The van der Waals surface area contributed by atoms with Crippen molar-refractivity contribution in [3.63, 3.8) is 0 Å². The van der Waals surface area contributed by atoms with Gasteiger partial charge in [0.15, 0.2) is 0 Å². The highest BCUT2D eigenvalue weighted by Gasteiger charge is 2.12. The van der Waals surface area contributed by atoms with Gasteiger partial charge in [0.05, 0.1) is 5.69 Å². The van der Waals surface area contributed by atoms with Crippen molar-refractivity contribution in [2.45, 2.75) is 46.6 Å². The van der Waals surface area contributed by atoms with Crippen molar-refractivity contribution in [2.75, 3.05) is 5.32 Å². The lowest BCUT2D eigenvalue weighted by Gasteiger charge is -2.02. The van der Waals surface area contributed by atoms with E-state index in [2.05, 4.69) is 27.4 Å². The summed E-state index contributed by atoms with van der Waals surface area (Å²) in [7, 11) is 1.91. The molecule has 2 heterocycles. The zero-order valence-corrected chi connectivity index (χ0v) is 13.1. The van der Waals surface area contributed by atoms with E-state index in [1.165, 1.54) is 0 Å². The Hall–Kier alpha value is -2.18. The van der Waals surface area contributed by atoms with Crippen LogP contribution in [0, 0.1) is 13.8 Å². The molecular formula is C14H22N6O. The Morgan fingerprint density at radius 2 is 2.10 bits per heavy atom. The Labute approximate surface area is 124 Å². The fourth-order valence-corrected chi connectivity index (χ4v) is 2.29. The number of aryl methyl sites for hydroxylation is 3. The lowest BCUT2D eigenvalue weighted by molar-refractivity contribution is -0.116. The Morgan fingerprint density at radius 1 is 1.33 bits per heavy atom. The molecule has 0 saturated heterocycles. The first kappa shape index (κ1) is 15.2. The van der Waals surface area contributed by atoms with E-state index in [1.807, 2.05) is 25.6 Å². The third-order valence-electron chi connectivity index (χ3n) is 3.50. The molecular weight excluding hydrogens is 268 g/mol. The second-order valence-corrected chi connectivity index (χ2v) is 5.15. The first-order valence-electron chi connectivity index (χ1n) is 7.19. The molecule has 7 nitrogen and oxygen atoms in total. The molecule has 0 unspecified atom stereocenters. The van der Waals surface area contributed by atoms with Gasteiger partial charge in [-0.15, -0.1) is 5.10 Å². The van der Waals surface area contributed by atoms with Gasteiger partial charge in [-0.05, 0) is 32.3 Å². The number of nitrogens with one attached hydrogen (secondary N) is 1. The summed E-state index contributed by atoms with van der Waals surface area (Å²) in [6.45, 7) is 6.85. The minimum Gasteiger partial charge on any atom is -0.293 e. The summed E-state index contributed by atoms with van der Waals surface area (Å²) in [5, 5.41) is 11.3. The van der Waals surface area contributed by atoms with Crippen LogP contribution in [0.4, 0.5) is 5.95 Å². The zero-order chi connectivity index (χ0) is 15.4. The molecule has 0 saturated carbocycles. The molecule has 2 aromatic rings. The number of anilines is 1. The van der Waals surface area contributed by atoms with Gasteiger partial charge in [-0.2, -0.15) is 5.10 Å². The van der Waals surface area contributed by atoms with Crippen LogP contribution in [-0.4, -0.2) is 30.5 Å². The third-order valence-corrected chi connectivity index (χ3v) is 3.50. The molecule has 0 spiro atoms. The maximum absolute atomic E-state index is 12.0. The number of amides is 1. The summed E-state index contributed by atoms with van der Waals surface area (Å²) in [5.41, 5.74) is 3.22. The molecule has 114 valence electrons. The summed E-state index contributed by atoms with van der Waals surface area (Å²) in [6.07, 6.45) is 3.69. The molecule has 0 radical (unpaired) electrons. The number of hydrogen-bond acceptors (Lipinski definition) is 4. The summed E-state index contributed by atoms with van der Waals surface area (Å²) >= 11 is 0. The average Bonchev–Trinajstić information content (AvgIpc) is 2.95. The highest BCUT2D eigenvalue weighted by Crippen LogP contribution is 2.14. The van der Waals surface area contributed by atoms with Crippen molar-refractivity contribution in [2.24, 2.45) is 7.05 Å². The second-order valence-electron chi connectivity index (χ2n) is 5.15. The van der Waals surface area contributed by atoms with Crippen LogP contribution in [0.5, 0.6) is 0 Å². The Morgan fingerprint density at radius 3 is 2.71 bits per heavy atom. The summed E-state index contributed by atoms with van der Waals surface area (Å²) in [4.78, 5) is 16.0. The van der Waals surface area contributed by atoms with Crippen molar-refractivity contribution < 1.29 is 4.79 Å². The highest BCUT2D eigenvalue weighted by atomic mass is 16.1. The molecule has 1 amide bonds. The molecule has 0 bridgehead atoms. The summed E-state index contributed by atoms with van der Waals surface area (Å²) < 4.78 is 3.57. The van der Waals surface area contributed by atoms with E-state index in [1.54, 1.807) is 11.0 Å². The van der Waals surface area contributed by atoms with Gasteiger partial charge < -0.3 is 0 Å². The van der Waals surface area contributed by atoms with E-state index >= 15 is 0 Å². The quantitative estimate of drug-likeness (QED) is 0.876. The van der Waals surface area contributed by atoms with Crippen LogP contribution in [0.25, 0.3) is 0 Å². The highest BCUT2D eigenvalue weighted by molar-refractivity contribution is 5.88. The van der Waals surface area contributed by atoms with Crippen LogP contribution in [0.1, 0.15) is 36.7 Å². The normalized spacial score (nSPS) is 10.9. The van der Waals surface area contributed by atoms with E-state index in [4.69, 9.17) is 0 Å². The molecule has 0 aromatic carbocycles. The van der Waals surface area contributed by atoms with Gasteiger partial charge in [0.1, 0.15) is 6.33 Å². The maximum atomic E-state index is 12.0. The van der Waals surface area contributed by atoms with Gasteiger partial charge in [-0.25, -0.2) is 4.98 Å². The summed E-state index contributed by atoms with van der Waals surface area (Å²) in [6, 6.07) is 0. The smallest absolute Gasteiger partial charge is 0.248 e. The molecule has 0 aliphatic carbocycles. The Bertz CT molecular complexity index is 627. The predicted molar refractivity (Wildman–Crippen MR) is 79.9 cm³/mol. The average molecular weight is 290 g/mol. The van der Waals surface area contributed by atoms with Crippen molar-refractivity contribution in [1.82, 2.24) is 24.5 Å². The van der Waals surface area contributed by atoms with Crippen LogP contribution in [-0.2, 0) is 24.8 Å². The SMILES string of the molecule is CCCn1cnc(NC(=O)CCc2c(C)nn(C)c2C)n1. The van der Waals surface area contributed by atoms with E-state index in [9.17, 15) is 4.79 Å². The minimum atomic E-state index is -0.0769. The van der Waals surface area contributed by atoms with E-state index in [0.717, 1.165) is 29.9 Å². The third kappa shape index (κ3) is 3.68. The van der Waals surface area contributed by atoms with Gasteiger partial charge in [0.25, 0.3) is 0 Å². The van der Waals surface area contributed by atoms with E-state index in [-0.39, 0.29) is 5.91 Å². The first-order valence-corrected chi connectivity index (χ1v) is 7.19. The molecule has 0 aliphatic rings. The van der Waals surface area contributed by atoms with Crippen molar-refractivity contribution in [1.29, 1.82) is 0 Å². The lowest BCUT2D eigenvalue weighted by Crippen LogP contribution is -2.14. The standard InChI is InChI=1S/C14H22N6O/c1-5-8-20-9-15-14(18-20)16-13(21)7-6-12-10(2)17-19(4)11(12)3/h9H,5-8H2,1-4H3,(H,16,18,21). The first-order chi connectivity index (χ1) is 10.0. The fourth-order valence-electron chi connectivity index (χ4n) is 2.29. The molecule has 1 N–H and O–H groups in total. The Balaban J connectivity index is 1.89. The monoisotopic (exact) mass is 290 g/mol. The topological polar surface area (TPSA) is 77.6 Å². The molecule has 21 heavy (non-hydrogen) atoms. The molecule has 7 heteroatoms.